The molecular formula is C16H17FO2. The first-order valence-corrected chi connectivity index (χ1v) is 6.22. The molecule has 100 valence electrons. The number of rotatable bonds is 4. The first kappa shape index (κ1) is 13.6. The van der Waals surface area contributed by atoms with Crippen molar-refractivity contribution in [3.63, 3.8) is 0 Å². The lowest BCUT2D eigenvalue weighted by Gasteiger charge is -2.14. The highest BCUT2D eigenvalue weighted by Crippen LogP contribution is 2.27. The topological polar surface area (TPSA) is 29.5 Å². The van der Waals surface area contributed by atoms with E-state index in [2.05, 4.69) is 0 Å². The Morgan fingerprint density at radius 2 is 1.95 bits per heavy atom. The van der Waals surface area contributed by atoms with Crippen LogP contribution in [0.25, 0.3) is 0 Å². The Balaban J connectivity index is 2.19. The first-order chi connectivity index (χ1) is 9.08. The van der Waals surface area contributed by atoms with Crippen LogP contribution in [0, 0.1) is 12.7 Å². The zero-order valence-corrected chi connectivity index (χ0v) is 11.1. The molecule has 0 aliphatic rings. The van der Waals surface area contributed by atoms with Crippen LogP contribution in [-0.2, 0) is 6.61 Å². The Labute approximate surface area is 112 Å². The molecule has 0 spiro atoms. The fourth-order valence-corrected chi connectivity index (χ4v) is 1.88. The van der Waals surface area contributed by atoms with Crippen LogP contribution in [0.5, 0.6) is 5.75 Å². The van der Waals surface area contributed by atoms with Crippen LogP contribution < -0.4 is 4.74 Å². The van der Waals surface area contributed by atoms with Crippen LogP contribution in [0.3, 0.4) is 0 Å². The maximum atomic E-state index is 13.5. The van der Waals surface area contributed by atoms with Crippen molar-refractivity contribution in [2.75, 3.05) is 0 Å². The summed E-state index contributed by atoms with van der Waals surface area (Å²) in [5, 5.41) is 9.69. The van der Waals surface area contributed by atoms with E-state index in [0.717, 1.165) is 5.56 Å². The SMILES string of the molecule is Cc1ccc([C@@H](C)O)c(OCc2ccccc2F)c1. The number of benzene rings is 2. The van der Waals surface area contributed by atoms with Gasteiger partial charge in [0.2, 0.25) is 0 Å². The van der Waals surface area contributed by atoms with Gasteiger partial charge in [0.15, 0.2) is 0 Å². The Kier molecular flexibility index (Phi) is 4.17. The summed E-state index contributed by atoms with van der Waals surface area (Å²) in [5.41, 5.74) is 2.25. The van der Waals surface area contributed by atoms with E-state index in [9.17, 15) is 9.50 Å². The van der Waals surface area contributed by atoms with E-state index >= 15 is 0 Å². The molecule has 2 rings (SSSR count). The van der Waals surface area contributed by atoms with E-state index in [1.54, 1.807) is 25.1 Å². The van der Waals surface area contributed by atoms with Crippen LogP contribution in [0.2, 0.25) is 0 Å². The quantitative estimate of drug-likeness (QED) is 0.906. The Morgan fingerprint density at radius 1 is 1.21 bits per heavy atom. The molecular weight excluding hydrogens is 243 g/mol. The normalized spacial score (nSPS) is 12.2. The van der Waals surface area contributed by atoms with Crippen LogP contribution in [-0.4, -0.2) is 5.11 Å². The second-order valence-electron chi connectivity index (χ2n) is 4.60. The molecule has 0 bridgehead atoms. The summed E-state index contributed by atoms with van der Waals surface area (Å²) in [4.78, 5) is 0. The van der Waals surface area contributed by atoms with E-state index in [0.29, 0.717) is 16.9 Å². The Bertz CT molecular complexity index is 564. The fraction of sp³-hybridized carbons (Fsp3) is 0.250. The average Bonchev–Trinajstić information content (AvgIpc) is 2.37. The minimum atomic E-state index is -0.615. The lowest BCUT2D eigenvalue weighted by Crippen LogP contribution is -2.02. The summed E-state index contributed by atoms with van der Waals surface area (Å²) in [6.45, 7) is 3.78. The third-order valence-corrected chi connectivity index (χ3v) is 2.96. The van der Waals surface area contributed by atoms with Gasteiger partial charge in [-0.25, -0.2) is 4.39 Å². The number of halogens is 1. The van der Waals surface area contributed by atoms with Gasteiger partial charge in [0.25, 0.3) is 0 Å². The molecule has 2 aromatic carbocycles. The van der Waals surface area contributed by atoms with Crippen molar-refractivity contribution in [3.05, 3.63) is 65.0 Å². The average molecular weight is 260 g/mol. The maximum Gasteiger partial charge on any atom is 0.129 e. The summed E-state index contributed by atoms with van der Waals surface area (Å²) >= 11 is 0. The van der Waals surface area contributed by atoms with Gasteiger partial charge in [-0.15, -0.1) is 0 Å². The molecule has 1 atom stereocenters. The lowest BCUT2D eigenvalue weighted by molar-refractivity contribution is 0.190. The minimum absolute atomic E-state index is 0.149. The number of aliphatic hydroxyl groups excluding tert-OH is 1. The number of hydrogen-bond donors (Lipinski definition) is 1. The van der Waals surface area contributed by atoms with Crippen LogP contribution in [0.4, 0.5) is 4.39 Å². The number of hydrogen-bond acceptors (Lipinski definition) is 2. The molecule has 2 nitrogen and oxygen atoms in total. The van der Waals surface area contributed by atoms with Crippen molar-refractivity contribution in [2.45, 2.75) is 26.6 Å². The van der Waals surface area contributed by atoms with Crippen LogP contribution in [0.15, 0.2) is 42.5 Å². The van der Waals surface area contributed by atoms with Crippen molar-refractivity contribution in [2.24, 2.45) is 0 Å². The summed E-state index contributed by atoms with van der Waals surface area (Å²) in [6.07, 6.45) is -0.615. The smallest absolute Gasteiger partial charge is 0.129 e. The third kappa shape index (κ3) is 3.32. The highest BCUT2D eigenvalue weighted by atomic mass is 19.1. The summed E-state index contributed by atoms with van der Waals surface area (Å²) in [5.74, 6) is 0.312. The van der Waals surface area contributed by atoms with Gasteiger partial charge in [0, 0.05) is 11.1 Å². The third-order valence-electron chi connectivity index (χ3n) is 2.96. The van der Waals surface area contributed by atoms with Gasteiger partial charge in [-0.3, -0.25) is 0 Å². The predicted octanol–water partition coefficient (Wildman–Crippen LogP) is 3.77. The zero-order valence-electron chi connectivity index (χ0n) is 11.1. The molecule has 0 heterocycles. The number of ether oxygens (including phenoxy) is 1. The Hall–Kier alpha value is -1.87. The lowest BCUT2D eigenvalue weighted by atomic mass is 10.1. The van der Waals surface area contributed by atoms with E-state index in [4.69, 9.17) is 4.74 Å². The molecule has 0 saturated heterocycles. The van der Waals surface area contributed by atoms with Gasteiger partial charge in [0.1, 0.15) is 18.2 Å². The molecule has 0 radical (unpaired) electrons. The molecule has 2 aromatic rings. The van der Waals surface area contributed by atoms with Crippen molar-refractivity contribution in [1.82, 2.24) is 0 Å². The Morgan fingerprint density at radius 3 is 2.63 bits per heavy atom. The minimum Gasteiger partial charge on any atom is -0.488 e. The maximum absolute atomic E-state index is 13.5. The summed E-state index contributed by atoms with van der Waals surface area (Å²) < 4.78 is 19.1. The molecule has 0 aromatic heterocycles. The van der Waals surface area contributed by atoms with E-state index < -0.39 is 6.10 Å². The monoisotopic (exact) mass is 260 g/mol. The van der Waals surface area contributed by atoms with Crippen molar-refractivity contribution in [1.29, 1.82) is 0 Å². The number of aliphatic hydroxyl groups is 1. The van der Waals surface area contributed by atoms with Crippen molar-refractivity contribution < 1.29 is 14.2 Å². The largest absolute Gasteiger partial charge is 0.488 e. The van der Waals surface area contributed by atoms with Crippen LogP contribution in [0.1, 0.15) is 29.7 Å². The van der Waals surface area contributed by atoms with Gasteiger partial charge in [-0.1, -0.05) is 30.3 Å². The molecule has 0 amide bonds. The molecule has 0 fully saturated rings. The molecule has 0 aliphatic carbocycles. The van der Waals surface area contributed by atoms with Crippen LogP contribution >= 0.6 is 0 Å². The molecule has 0 aliphatic heterocycles. The van der Waals surface area contributed by atoms with Crippen molar-refractivity contribution in [3.8, 4) is 5.75 Å². The van der Waals surface area contributed by atoms with Gasteiger partial charge in [0.05, 0.1) is 6.10 Å². The standard InChI is InChI=1S/C16H17FO2/c1-11-7-8-14(12(2)18)16(9-11)19-10-13-5-3-4-6-15(13)17/h3-9,12,18H,10H2,1-2H3/t12-/m1/s1. The molecule has 3 heteroatoms. The molecule has 0 unspecified atom stereocenters. The van der Waals surface area contributed by atoms with Gasteiger partial charge >= 0.3 is 0 Å². The van der Waals surface area contributed by atoms with Crippen molar-refractivity contribution >= 4 is 0 Å². The summed E-state index contributed by atoms with van der Waals surface area (Å²) in [7, 11) is 0. The fourth-order valence-electron chi connectivity index (χ4n) is 1.88. The molecule has 19 heavy (non-hydrogen) atoms. The second-order valence-corrected chi connectivity index (χ2v) is 4.60. The van der Waals surface area contributed by atoms with E-state index in [1.165, 1.54) is 6.07 Å². The zero-order chi connectivity index (χ0) is 13.8. The second kappa shape index (κ2) is 5.85. The van der Waals surface area contributed by atoms with Gasteiger partial charge < -0.3 is 9.84 Å². The molecule has 1 N–H and O–H groups in total. The number of aryl methyl sites for hydroxylation is 1. The van der Waals surface area contributed by atoms with E-state index in [-0.39, 0.29) is 12.4 Å². The summed E-state index contributed by atoms with van der Waals surface area (Å²) in [6, 6.07) is 12.1. The predicted molar refractivity (Wildman–Crippen MR) is 72.5 cm³/mol. The molecule has 0 saturated carbocycles. The highest BCUT2D eigenvalue weighted by molar-refractivity contribution is 5.38. The highest BCUT2D eigenvalue weighted by Gasteiger charge is 2.10. The van der Waals surface area contributed by atoms with Gasteiger partial charge in [-0.2, -0.15) is 0 Å². The van der Waals surface area contributed by atoms with Gasteiger partial charge in [-0.05, 0) is 31.5 Å². The first-order valence-electron chi connectivity index (χ1n) is 6.22. The van der Waals surface area contributed by atoms with E-state index in [1.807, 2.05) is 25.1 Å².